The average molecular weight is 310 g/mol. The lowest BCUT2D eigenvalue weighted by molar-refractivity contribution is -0.198. The molecule has 0 saturated carbocycles. The first kappa shape index (κ1) is 16.9. The molecule has 5 heteroatoms. The van der Waals surface area contributed by atoms with E-state index in [9.17, 15) is 9.90 Å². The maximum Gasteiger partial charge on any atom is 0.337 e. The molecule has 5 nitrogen and oxygen atoms in total. The summed E-state index contributed by atoms with van der Waals surface area (Å²) in [6.07, 6.45) is 5.67. The molecule has 22 heavy (non-hydrogen) atoms. The van der Waals surface area contributed by atoms with Crippen LogP contribution >= 0.6 is 0 Å². The summed E-state index contributed by atoms with van der Waals surface area (Å²) in [5.41, 5.74) is 0.00692. The molecule has 1 unspecified atom stereocenters. The molecule has 0 aromatic carbocycles. The van der Waals surface area contributed by atoms with Gasteiger partial charge in [0, 0.05) is 25.7 Å². The number of hydrogen-bond acceptors (Lipinski definition) is 5. The Balaban J connectivity index is 2.08. The van der Waals surface area contributed by atoms with Crippen LogP contribution in [0.15, 0.2) is 23.2 Å². The van der Waals surface area contributed by atoms with Crippen LogP contribution in [0, 0.1) is 5.41 Å². The van der Waals surface area contributed by atoms with Crippen LogP contribution in [0.3, 0.4) is 0 Å². The number of aliphatic hydroxyl groups excluding tert-OH is 1. The molecule has 1 aliphatic heterocycles. The van der Waals surface area contributed by atoms with Gasteiger partial charge in [0.15, 0.2) is 0 Å². The van der Waals surface area contributed by atoms with Gasteiger partial charge in [0.05, 0.1) is 25.0 Å². The van der Waals surface area contributed by atoms with E-state index in [-0.39, 0.29) is 5.76 Å². The van der Waals surface area contributed by atoms with Crippen molar-refractivity contribution in [3.8, 4) is 0 Å². The van der Waals surface area contributed by atoms with Crippen molar-refractivity contribution in [3.05, 3.63) is 23.2 Å². The molecular weight excluding hydrogens is 284 g/mol. The molecule has 1 N–H and O–H groups in total. The Labute approximate surface area is 131 Å². The summed E-state index contributed by atoms with van der Waals surface area (Å²) >= 11 is 0. The predicted octanol–water partition coefficient (Wildman–Crippen LogP) is 3.61. The van der Waals surface area contributed by atoms with Gasteiger partial charge >= 0.3 is 5.97 Å². The number of hydrogen-bond donors (Lipinski definition) is 1. The van der Waals surface area contributed by atoms with Gasteiger partial charge in [-0.1, -0.05) is 6.92 Å². The van der Waals surface area contributed by atoms with Crippen LogP contribution in [0.2, 0.25) is 0 Å². The van der Waals surface area contributed by atoms with Crippen molar-refractivity contribution in [1.29, 1.82) is 0 Å². The van der Waals surface area contributed by atoms with Crippen molar-refractivity contribution in [2.24, 2.45) is 5.41 Å². The fourth-order valence-electron chi connectivity index (χ4n) is 3.10. The van der Waals surface area contributed by atoms with Gasteiger partial charge in [0.1, 0.15) is 5.76 Å². The monoisotopic (exact) mass is 310 g/mol. The number of allylic oxidation sites excluding steroid dienone is 2. The Morgan fingerprint density at radius 1 is 1.41 bits per heavy atom. The van der Waals surface area contributed by atoms with Crippen LogP contribution < -0.4 is 0 Å². The van der Waals surface area contributed by atoms with Gasteiger partial charge in [-0.25, -0.2) is 4.79 Å². The Bertz CT molecular complexity index is 503. The maximum absolute atomic E-state index is 11.8. The highest BCUT2D eigenvalue weighted by Gasteiger charge is 2.37. The van der Waals surface area contributed by atoms with Gasteiger partial charge in [-0.2, -0.15) is 0 Å². The number of carbonyl (C=O) groups excluding carboxylic acids is 1. The number of aliphatic hydroxyl groups is 1. The van der Waals surface area contributed by atoms with Crippen molar-refractivity contribution in [3.63, 3.8) is 0 Å². The normalized spacial score (nSPS) is 27.9. The molecule has 1 aliphatic carbocycles. The zero-order valence-electron chi connectivity index (χ0n) is 13.9. The van der Waals surface area contributed by atoms with E-state index in [4.69, 9.17) is 14.2 Å². The Morgan fingerprint density at radius 2 is 2.14 bits per heavy atom. The molecule has 0 radical (unpaired) electrons. The van der Waals surface area contributed by atoms with Crippen LogP contribution in [0.5, 0.6) is 0 Å². The van der Waals surface area contributed by atoms with Crippen molar-refractivity contribution in [2.75, 3.05) is 13.7 Å². The van der Waals surface area contributed by atoms with Gasteiger partial charge in [-0.15, -0.1) is 0 Å². The van der Waals surface area contributed by atoms with Gasteiger partial charge in [-0.05, 0) is 31.8 Å². The summed E-state index contributed by atoms with van der Waals surface area (Å²) in [7, 11) is 1.34. The first-order valence-corrected chi connectivity index (χ1v) is 7.80. The third-order valence-corrected chi connectivity index (χ3v) is 4.49. The third-order valence-electron chi connectivity index (χ3n) is 4.49. The van der Waals surface area contributed by atoms with E-state index in [1.54, 1.807) is 0 Å². The minimum absolute atomic E-state index is 0.178. The van der Waals surface area contributed by atoms with Gasteiger partial charge in [0.25, 0.3) is 0 Å². The SMILES string of the molecule is COC(=O)C1=C(O)C(C)(CCC2=CCOC(C)(C)O2)CCC1. The Morgan fingerprint density at radius 3 is 2.77 bits per heavy atom. The average Bonchev–Trinajstić information content (AvgIpc) is 2.47. The summed E-state index contributed by atoms with van der Waals surface area (Å²) < 4.78 is 16.0. The molecule has 1 atom stereocenters. The Hall–Kier alpha value is -1.49. The second-order valence-electron chi connectivity index (χ2n) is 6.72. The molecule has 1 heterocycles. The van der Waals surface area contributed by atoms with E-state index in [0.29, 0.717) is 25.0 Å². The zero-order chi connectivity index (χ0) is 16.4. The minimum Gasteiger partial charge on any atom is -0.511 e. The molecule has 0 aromatic heterocycles. The van der Waals surface area contributed by atoms with E-state index in [1.807, 2.05) is 26.8 Å². The molecule has 0 bridgehead atoms. The highest BCUT2D eigenvalue weighted by Crippen LogP contribution is 2.44. The molecular formula is C17H26O5. The largest absolute Gasteiger partial charge is 0.511 e. The summed E-state index contributed by atoms with van der Waals surface area (Å²) in [4.78, 5) is 11.8. The van der Waals surface area contributed by atoms with Crippen LogP contribution in [0.1, 0.15) is 52.9 Å². The maximum atomic E-state index is 11.8. The fraction of sp³-hybridized carbons (Fsp3) is 0.706. The predicted molar refractivity (Wildman–Crippen MR) is 82.1 cm³/mol. The van der Waals surface area contributed by atoms with Gasteiger partial charge < -0.3 is 19.3 Å². The number of ether oxygens (including phenoxy) is 3. The van der Waals surface area contributed by atoms with E-state index in [1.165, 1.54) is 7.11 Å². The summed E-state index contributed by atoms with van der Waals surface area (Å²) in [5.74, 6) is 0.0335. The summed E-state index contributed by atoms with van der Waals surface area (Å²) in [6, 6.07) is 0. The van der Waals surface area contributed by atoms with E-state index in [2.05, 4.69) is 0 Å². The number of methoxy groups -OCH3 is 1. The van der Waals surface area contributed by atoms with Gasteiger partial charge in [-0.3, -0.25) is 0 Å². The third kappa shape index (κ3) is 3.64. The Kier molecular flexibility index (Phi) is 4.85. The number of esters is 1. The quantitative estimate of drug-likeness (QED) is 0.804. The molecule has 2 aliphatic rings. The van der Waals surface area contributed by atoms with E-state index in [0.717, 1.165) is 25.0 Å². The first-order valence-electron chi connectivity index (χ1n) is 7.80. The van der Waals surface area contributed by atoms with Gasteiger partial charge in [0.2, 0.25) is 5.79 Å². The van der Waals surface area contributed by atoms with Crippen LogP contribution in [-0.2, 0) is 19.0 Å². The lowest BCUT2D eigenvalue weighted by Crippen LogP contribution is -2.32. The van der Waals surface area contributed by atoms with Crippen LogP contribution in [0.25, 0.3) is 0 Å². The van der Waals surface area contributed by atoms with Crippen molar-refractivity contribution >= 4 is 5.97 Å². The topological polar surface area (TPSA) is 65.0 Å². The van der Waals surface area contributed by atoms with E-state index >= 15 is 0 Å². The smallest absolute Gasteiger partial charge is 0.337 e. The molecule has 0 fully saturated rings. The standard InChI is InChI=1S/C17H26O5/c1-16(2)21-11-8-12(22-16)7-10-17(3)9-5-6-13(14(17)18)15(19)20-4/h8,18H,5-7,9-11H2,1-4H3. The van der Waals surface area contributed by atoms with Crippen molar-refractivity contribution in [1.82, 2.24) is 0 Å². The minimum atomic E-state index is -0.605. The van der Waals surface area contributed by atoms with Crippen LogP contribution in [-0.4, -0.2) is 30.6 Å². The molecule has 0 spiro atoms. The lowest BCUT2D eigenvalue weighted by Gasteiger charge is -2.36. The first-order chi connectivity index (χ1) is 10.3. The van der Waals surface area contributed by atoms with E-state index < -0.39 is 17.2 Å². The lowest BCUT2D eigenvalue weighted by atomic mass is 9.73. The molecule has 2 rings (SSSR count). The fourth-order valence-corrected chi connectivity index (χ4v) is 3.10. The number of carbonyl (C=O) groups is 1. The summed E-state index contributed by atoms with van der Waals surface area (Å²) in [5, 5.41) is 10.5. The highest BCUT2D eigenvalue weighted by atomic mass is 16.7. The second kappa shape index (κ2) is 6.32. The second-order valence-corrected chi connectivity index (χ2v) is 6.72. The summed E-state index contributed by atoms with van der Waals surface area (Å²) in [6.45, 7) is 6.30. The highest BCUT2D eigenvalue weighted by molar-refractivity contribution is 5.89. The van der Waals surface area contributed by atoms with Crippen molar-refractivity contribution in [2.45, 2.75) is 58.7 Å². The molecule has 0 aromatic rings. The zero-order valence-corrected chi connectivity index (χ0v) is 13.9. The number of rotatable bonds is 4. The molecule has 0 saturated heterocycles. The molecule has 124 valence electrons. The van der Waals surface area contributed by atoms with Crippen LogP contribution in [0.4, 0.5) is 0 Å². The molecule has 0 amide bonds. The van der Waals surface area contributed by atoms with Crippen molar-refractivity contribution < 1.29 is 24.1 Å².